The predicted molar refractivity (Wildman–Crippen MR) is 80.7 cm³/mol. The number of benzene rings is 1. The van der Waals surface area contributed by atoms with Crippen molar-refractivity contribution >= 4 is 11.9 Å². The second kappa shape index (κ2) is 5.44. The molecule has 0 aromatic heterocycles. The molecule has 1 saturated heterocycles. The Labute approximate surface area is 134 Å². The minimum absolute atomic E-state index is 0.0187. The van der Waals surface area contributed by atoms with Crippen LogP contribution in [0.1, 0.15) is 30.7 Å². The van der Waals surface area contributed by atoms with Crippen LogP contribution in [0.5, 0.6) is 11.5 Å². The monoisotopic (exact) mass is 317 g/mol. The predicted octanol–water partition coefficient (Wildman–Crippen LogP) is 1.64. The van der Waals surface area contributed by atoms with Gasteiger partial charge in [0.05, 0.1) is 0 Å². The first-order valence-corrected chi connectivity index (χ1v) is 8.08. The van der Waals surface area contributed by atoms with Crippen LogP contribution >= 0.6 is 0 Å². The van der Waals surface area contributed by atoms with E-state index in [4.69, 9.17) is 9.47 Å². The summed E-state index contributed by atoms with van der Waals surface area (Å²) >= 11 is 0. The zero-order chi connectivity index (χ0) is 16.0. The lowest BCUT2D eigenvalue weighted by Gasteiger charge is -2.22. The molecular formula is C17H19NO5. The molecule has 4 rings (SSSR count). The number of carboxylic acids is 1. The number of likely N-dealkylation sites (tertiary alicyclic amines) is 1. The van der Waals surface area contributed by atoms with Crippen molar-refractivity contribution in [2.75, 3.05) is 19.8 Å². The van der Waals surface area contributed by atoms with Crippen molar-refractivity contribution in [3.63, 3.8) is 0 Å². The highest BCUT2D eigenvalue weighted by atomic mass is 16.6. The van der Waals surface area contributed by atoms with Gasteiger partial charge in [-0.15, -0.1) is 0 Å². The van der Waals surface area contributed by atoms with E-state index in [0.717, 1.165) is 29.9 Å². The second-order valence-electron chi connectivity index (χ2n) is 6.38. The molecule has 6 heteroatoms. The lowest BCUT2D eigenvalue weighted by Crippen LogP contribution is -2.41. The minimum atomic E-state index is -0.896. The highest BCUT2D eigenvalue weighted by Crippen LogP contribution is 2.50. The van der Waals surface area contributed by atoms with Crippen LogP contribution in [0.4, 0.5) is 0 Å². The minimum Gasteiger partial charge on any atom is -0.486 e. The molecule has 2 aliphatic heterocycles. The number of hydrogen-bond donors (Lipinski definition) is 1. The Morgan fingerprint density at radius 3 is 2.74 bits per heavy atom. The van der Waals surface area contributed by atoms with Crippen molar-refractivity contribution < 1.29 is 24.2 Å². The molecular weight excluding hydrogens is 298 g/mol. The topological polar surface area (TPSA) is 76.1 Å². The number of hydrogen-bond acceptors (Lipinski definition) is 4. The molecule has 6 nitrogen and oxygen atoms in total. The van der Waals surface area contributed by atoms with Gasteiger partial charge >= 0.3 is 5.97 Å². The number of fused-ring (bicyclic) bond motifs is 1. The summed E-state index contributed by atoms with van der Waals surface area (Å²) in [6, 6.07) is 5.17. The van der Waals surface area contributed by atoms with Gasteiger partial charge in [0, 0.05) is 12.5 Å². The molecule has 23 heavy (non-hydrogen) atoms. The molecule has 0 radical (unpaired) electrons. The fraction of sp³-hybridized carbons (Fsp3) is 0.529. The molecule has 1 aromatic carbocycles. The Balaban J connectivity index is 1.47. The van der Waals surface area contributed by atoms with Gasteiger partial charge in [-0.05, 0) is 42.9 Å². The average molecular weight is 317 g/mol. The number of amides is 1. The fourth-order valence-corrected chi connectivity index (χ4v) is 3.63. The Kier molecular flexibility index (Phi) is 3.39. The molecule has 0 bridgehead atoms. The Hall–Kier alpha value is -2.24. The fourth-order valence-electron chi connectivity index (χ4n) is 3.63. The molecule has 1 N–H and O–H groups in total. The first-order valence-electron chi connectivity index (χ1n) is 8.08. The van der Waals surface area contributed by atoms with Gasteiger partial charge in [0.2, 0.25) is 5.91 Å². The molecule has 3 atom stereocenters. The normalized spacial score (nSPS) is 28.5. The summed E-state index contributed by atoms with van der Waals surface area (Å²) in [5.41, 5.74) is 1.07. The van der Waals surface area contributed by atoms with Crippen molar-refractivity contribution in [1.29, 1.82) is 0 Å². The number of ether oxygens (including phenoxy) is 2. The van der Waals surface area contributed by atoms with Crippen LogP contribution in [0.25, 0.3) is 0 Å². The third-order valence-corrected chi connectivity index (χ3v) is 4.92. The highest BCUT2D eigenvalue weighted by molar-refractivity contribution is 5.88. The van der Waals surface area contributed by atoms with Gasteiger partial charge in [-0.3, -0.25) is 4.79 Å². The van der Waals surface area contributed by atoms with E-state index in [-0.39, 0.29) is 17.7 Å². The van der Waals surface area contributed by atoms with Crippen LogP contribution in [-0.2, 0) is 9.59 Å². The standard InChI is InChI=1S/C17H19NO5/c19-16(18-5-1-2-13(18)17(20)21)12-9-11(12)10-3-4-14-15(8-10)23-7-6-22-14/h3-4,8,11-13H,1-2,5-7,9H2,(H,20,21)/t11-,12+,13-/m0/s1. The van der Waals surface area contributed by atoms with Crippen LogP contribution in [0, 0.1) is 5.92 Å². The Bertz CT molecular complexity index is 658. The summed E-state index contributed by atoms with van der Waals surface area (Å²) in [5, 5.41) is 9.23. The van der Waals surface area contributed by atoms with Gasteiger partial charge in [-0.25, -0.2) is 4.79 Å². The molecule has 2 fully saturated rings. The summed E-state index contributed by atoms with van der Waals surface area (Å²) in [6.45, 7) is 1.65. The third kappa shape index (κ3) is 2.52. The van der Waals surface area contributed by atoms with E-state index in [2.05, 4.69) is 0 Å². The summed E-state index contributed by atoms with van der Waals surface area (Å²) < 4.78 is 11.1. The van der Waals surface area contributed by atoms with Crippen molar-refractivity contribution in [1.82, 2.24) is 4.90 Å². The van der Waals surface area contributed by atoms with Crippen LogP contribution in [0.3, 0.4) is 0 Å². The van der Waals surface area contributed by atoms with E-state index in [1.165, 1.54) is 0 Å². The number of carbonyl (C=O) groups is 2. The number of nitrogens with zero attached hydrogens (tertiary/aromatic N) is 1. The summed E-state index contributed by atoms with van der Waals surface area (Å²) in [4.78, 5) is 25.4. The number of carboxylic acid groups (broad SMARTS) is 1. The quantitative estimate of drug-likeness (QED) is 0.917. The zero-order valence-corrected chi connectivity index (χ0v) is 12.7. The Morgan fingerprint density at radius 1 is 1.17 bits per heavy atom. The maximum Gasteiger partial charge on any atom is 0.326 e. The van der Waals surface area contributed by atoms with E-state index in [1.54, 1.807) is 4.90 Å². The molecule has 3 aliphatic rings. The molecule has 1 aliphatic carbocycles. The van der Waals surface area contributed by atoms with E-state index in [0.29, 0.717) is 26.2 Å². The highest BCUT2D eigenvalue weighted by Gasteiger charge is 2.48. The summed E-state index contributed by atoms with van der Waals surface area (Å²) in [6.07, 6.45) is 2.11. The second-order valence-corrected chi connectivity index (χ2v) is 6.38. The third-order valence-electron chi connectivity index (χ3n) is 4.92. The smallest absolute Gasteiger partial charge is 0.326 e. The van der Waals surface area contributed by atoms with Gasteiger partial charge in [0.25, 0.3) is 0 Å². The van der Waals surface area contributed by atoms with Crippen molar-refractivity contribution in [3.8, 4) is 11.5 Å². The van der Waals surface area contributed by atoms with Crippen molar-refractivity contribution in [2.24, 2.45) is 5.92 Å². The van der Waals surface area contributed by atoms with Gasteiger partial charge in [-0.2, -0.15) is 0 Å². The van der Waals surface area contributed by atoms with E-state index in [1.807, 2.05) is 18.2 Å². The number of aliphatic carboxylic acids is 1. The lowest BCUT2D eigenvalue weighted by molar-refractivity contribution is -0.148. The van der Waals surface area contributed by atoms with Gasteiger partial charge in [-0.1, -0.05) is 6.07 Å². The van der Waals surface area contributed by atoms with Crippen molar-refractivity contribution in [2.45, 2.75) is 31.2 Å². The average Bonchev–Trinajstić information content (AvgIpc) is 3.21. The maximum absolute atomic E-state index is 12.6. The number of carbonyl (C=O) groups excluding carboxylic acids is 1. The van der Waals surface area contributed by atoms with E-state index < -0.39 is 12.0 Å². The molecule has 1 saturated carbocycles. The maximum atomic E-state index is 12.6. The SMILES string of the molecule is O=C(O)[C@@H]1CCCN1C(=O)[C@@H]1C[C@H]1c1ccc2c(c1)OCCO2. The van der Waals surface area contributed by atoms with Crippen LogP contribution in [0.2, 0.25) is 0 Å². The number of rotatable bonds is 3. The Morgan fingerprint density at radius 2 is 1.96 bits per heavy atom. The van der Waals surface area contributed by atoms with Crippen LogP contribution < -0.4 is 9.47 Å². The van der Waals surface area contributed by atoms with Gasteiger partial charge in [0.15, 0.2) is 11.5 Å². The summed E-state index contributed by atoms with van der Waals surface area (Å²) in [7, 11) is 0. The molecule has 1 aromatic rings. The van der Waals surface area contributed by atoms with E-state index >= 15 is 0 Å². The van der Waals surface area contributed by atoms with Crippen LogP contribution in [0.15, 0.2) is 18.2 Å². The van der Waals surface area contributed by atoms with Crippen LogP contribution in [-0.4, -0.2) is 47.7 Å². The molecule has 0 spiro atoms. The zero-order valence-electron chi connectivity index (χ0n) is 12.7. The first-order chi connectivity index (χ1) is 11.1. The largest absolute Gasteiger partial charge is 0.486 e. The van der Waals surface area contributed by atoms with E-state index in [9.17, 15) is 14.7 Å². The first kappa shape index (κ1) is 14.4. The molecule has 0 unspecified atom stereocenters. The van der Waals surface area contributed by atoms with Gasteiger partial charge < -0.3 is 19.5 Å². The molecule has 2 heterocycles. The lowest BCUT2D eigenvalue weighted by atomic mass is 10.1. The van der Waals surface area contributed by atoms with Gasteiger partial charge in [0.1, 0.15) is 19.3 Å². The molecule has 1 amide bonds. The summed E-state index contributed by atoms with van der Waals surface area (Å²) in [5.74, 6) is 0.624. The van der Waals surface area contributed by atoms with Crippen molar-refractivity contribution in [3.05, 3.63) is 23.8 Å². The molecule has 122 valence electrons.